The van der Waals surface area contributed by atoms with Crippen LogP contribution in [0.5, 0.6) is 5.88 Å². The van der Waals surface area contributed by atoms with Crippen LogP contribution in [0.4, 0.5) is 5.69 Å². The molecule has 1 fully saturated rings. The van der Waals surface area contributed by atoms with Gasteiger partial charge in [-0.15, -0.1) is 0 Å². The average Bonchev–Trinajstić information content (AvgIpc) is 2.38. The summed E-state index contributed by atoms with van der Waals surface area (Å²) in [5.74, 6) is -1.42. The van der Waals surface area contributed by atoms with Crippen molar-refractivity contribution in [1.29, 1.82) is 0 Å². The van der Waals surface area contributed by atoms with Gasteiger partial charge in [-0.1, -0.05) is 0 Å². The molecule has 0 aliphatic carbocycles. The second-order valence-electron chi connectivity index (χ2n) is 4.69. The summed E-state index contributed by atoms with van der Waals surface area (Å²) in [5, 5.41) is 12.7. The summed E-state index contributed by atoms with van der Waals surface area (Å²) in [6, 6.07) is 1.68. The van der Waals surface area contributed by atoms with Crippen LogP contribution in [0.2, 0.25) is 0 Å². The molecule has 1 saturated heterocycles. The van der Waals surface area contributed by atoms with Crippen LogP contribution in [0.3, 0.4) is 0 Å². The highest BCUT2D eigenvalue weighted by molar-refractivity contribution is 9.10. The molecule has 0 aromatic carbocycles. The molecule has 0 saturated carbocycles. The number of nitrogens with one attached hydrogen (secondary N) is 1. The summed E-state index contributed by atoms with van der Waals surface area (Å²) in [6.07, 6.45) is 1.50. The minimum atomic E-state index is -1.36. The zero-order valence-corrected chi connectivity index (χ0v) is 13.3. The van der Waals surface area contributed by atoms with Gasteiger partial charge in [-0.05, 0) is 22.0 Å². The maximum Gasteiger partial charge on any atom is 0.343 e. The molecule has 2 heterocycles. The molecular weight excluding hydrogens is 344 g/mol. The van der Waals surface area contributed by atoms with E-state index in [9.17, 15) is 9.90 Å². The number of aromatic nitrogens is 1. The predicted octanol–water partition coefficient (Wildman–Crippen LogP) is 1.78. The predicted molar refractivity (Wildman–Crippen MR) is 77.5 cm³/mol. The Morgan fingerprint density at radius 3 is 2.90 bits per heavy atom. The lowest BCUT2D eigenvalue weighted by molar-refractivity contribution is -0.279. The second-order valence-corrected chi connectivity index (χ2v) is 5.48. The Bertz CT molecular complexity index is 588. The van der Waals surface area contributed by atoms with Crippen LogP contribution < -0.4 is 10.1 Å². The first-order chi connectivity index (χ1) is 9.84. The zero-order chi connectivity index (χ0) is 15.6. The number of aliphatic hydroxyl groups is 1. The van der Waals surface area contributed by atoms with Gasteiger partial charge in [0.2, 0.25) is 11.7 Å². The number of esters is 1. The fourth-order valence-electron chi connectivity index (χ4n) is 1.70. The Balaban J connectivity index is 2.20. The van der Waals surface area contributed by atoms with Crippen molar-refractivity contribution in [3.8, 4) is 5.88 Å². The zero-order valence-electron chi connectivity index (χ0n) is 11.7. The van der Waals surface area contributed by atoms with Crippen LogP contribution in [0, 0.1) is 0 Å². The van der Waals surface area contributed by atoms with E-state index in [1.165, 1.54) is 13.3 Å². The van der Waals surface area contributed by atoms with Crippen LogP contribution in [0.15, 0.2) is 28.5 Å². The summed E-state index contributed by atoms with van der Waals surface area (Å²) < 4.78 is 15.9. The summed E-state index contributed by atoms with van der Waals surface area (Å²) >= 11 is 3.33. The number of carbonyl (C=O) groups is 1. The van der Waals surface area contributed by atoms with Crippen molar-refractivity contribution in [3.05, 3.63) is 28.5 Å². The number of methoxy groups -OCH3 is 1. The molecule has 114 valence electrons. The fraction of sp³-hybridized carbons (Fsp3) is 0.385. The molecule has 7 nitrogen and oxygen atoms in total. The van der Waals surface area contributed by atoms with Gasteiger partial charge in [0.1, 0.15) is 10.0 Å². The normalized spacial score (nSPS) is 22.8. The summed E-state index contributed by atoms with van der Waals surface area (Å²) in [4.78, 5) is 15.8. The minimum Gasteiger partial charge on any atom is -0.480 e. The molecule has 21 heavy (non-hydrogen) atoms. The van der Waals surface area contributed by atoms with Gasteiger partial charge < -0.3 is 24.6 Å². The lowest BCUT2D eigenvalue weighted by atomic mass is 10.2. The van der Waals surface area contributed by atoms with Crippen LogP contribution >= 0.6 is 15.9 Å². The third-order valence-electron chi connectivity index (χ3n) is 2.67. The first kappa shape index (κ1) is 15.7. The number of pyridine rings is 1. The molecule has 1 aliphatic heterocycles. The van der Waals surface area contributed by atoms with Crippen LogP contribution in [-0.4, -0.2) is 35.2 Å². The molecule has 0 bridgehead atoms. The summed E-state index contributed by atoms with van der Waals surface area (Å²) in [5.41, 5.74) is 0.580. The van der Waals surface area contributed by atoms with E-state index in [1.807, 2.05) is 0 Å². The van der Waals surface area contributed by atoms with E-state index in [0.29, 0.717) is 16.0 Å². The third-order valence-corrected chi connectivity index (χ3v) is 3.44. The first-order valence-electron chi connectivity index (χ1n) is 6.08. The highest BCUT2D eigenvalue weighted by Crippen LogP contribution is 2.31. The monoisotopic (exact) mass is 358 g/mol. The molecule has 1 atom stereocenters. The van der Waals surface area contributed by atoms with E-state index < -0.39 is 18.0 Å². The topological polar surface area (TPSA) is 89.9 Å². The number of anilines is 1. The van der Waals surface area contributed by atoms with Crippen molar-refractivity contribution < 1.29 is 24.1 Å². The minimum absolute atomic E-state index is 0.0306. The van der Waals surface area contributed by atoms with E-state index >= 15 is 0 Å². The van der Waals surface area contributed by atoms with Crippen molar-refractivity contribution in [2.45, 2.75) is 25.9 Å². The van der Waals surface area contributed by atoms with Crippen molar-refractivity contribution in [2.24, 2.45) is 0 Å². The number of rotatable bonds is 3. The molecule has 1 aliphatic rings. The molecule has 0 spiro atoms. The number of carbonyl (C=O) groups excluding carboxylic acids is 1. The van der Waals surface area contributed by atoms with E-state index in [0.717, 1.165) is 0 Å². The molecule has 1 aromatic heterocycles. The van der Waals surface area contributed by atoms with Crippen LogP contribution in [0.25, 0.3) is 0 Å². The highest BCUT2D eigenvalue weighted by Gasteiger charge is 2.38. The molecule has 8 heteroatoms. The lowest BCUT2D eigenvalue weighted by Crippen LogP contribution is -2.44. The maximum atomic E-state index is 11.8. The molecule has 0 radical (unpaired) electrons. The number of halogens is 1. The Hall–Kier alpha value is -1.64. The Kier molecular flexibility index (Phi) is 4.50. The Labute approximate surface area is 130 Å². The van der Waals surface area contributed by atoms with Gasteiger partial charge in [-0.25, -0.2) is 9.78 Å². The molecular formula is C13H15BrN2O5. The number of nitrogens with zero attached hydrogens (tertiary/aromatic N) is 1. The van der Waals surface area contributed by atoms with Gasteiger partial charge in [0.05, 0.1) is 12.8 Å². The van der Waals surface area contributed by atoms with Gasteiger partial charge in [0.25, 0.3) is 0 Å². The van der Waals surface area contributed by atoms with Crippen LogP contribution in [0.1, 0.15) is 13.8 Å². The number of hydrogen-bond donors (Lipinski definition) is 2. The van der Waals surface area contributed by atoms with Gasteiger partial charge in [0.15, 0.2) is 6.29 Å². The Morgan fingerprint density at radius 1 is 1.57 bits per heavy atom. The maximum absolute atomic E-state index is 11.8. The summed E-state index contributed by atoms with van der Waals surface area (Å²) in [6.45, 7) is 3.09. The number of aliphatic hydroxyl groups excluding tert-OH is 1. The van der Waals surface area contributed by atoms with Gasteiger partial charge >= 0.3 is 5.97 Å². The van der Waals surface area contributed by atoms with Gasteiger partial charge in [-0.3, -0.25) is 0 Å². The van der Waals surface area contributed by atoms with E-state index in [4.69, 9.17) is 14.2 Å². The summed E-state index contributed by atoms with van der Waals surface area (Å²) in [7, 11) is 1.49. The number of ether oxygens (including phenoxy) is 3. The SMILES string of the molecule is COc1nccc(N/C=C2/C(=O)OC(C)(C)OC2O)c1Br. The second kappa shape index (κ2) is 6.00. The van der Waals surface area contributed by atoms with E-state index in [2.05, 4.69) is 26.2 Å². The molecule has 2 N–H and O–H groups in total. The molecule has 1 aromatic rings. The average molecular weight is 359 g/mol. The van der Waals surface area contributed by atoms with Crippen molar-refractivity contribution in [3.63, 3.8) is 0 Å². The van der Waals surface area contributed by atoms with E-state index in [-0.39, 0.29) is 5.57 Å². The fourth-order valence-corrected chi connectivity index (χ4v) is 2.21. The van der Waals surface area contributed by atoms with Gasteiger partial charge in [0, 0.05) is 26.2 Å². The highest BCUT2D eigenvalue weighted by atomic mass is 79.9. The Morgan fingerprint density at radius 2 is 2.29 bits per heavy atom. The standard InChI is InChI=1S/C13H15BrN2O5/c1-13(2)20-11(17)7(12(18)21-13)6-16-8-4-5-15-10(19-3)9(8)14/h4-6,11,17H,1-3H3,(H,15,16)/b7-6+. The molecule has 0 amide bonds. The van der Waals surface area contributed by atoms with Crippen molar-refractivity contribution in [1.82, 2.24) is 4.98 Å². The number of hydrogen-bond acceptors (Lipinski definition) is 7. The van der Waals surface area contributed by atoms with E-state index in [1.54, 1.807) is 26.1 Å². The van der Waals surface area contributed by atoms with Crippen LogP contribution in [-0.2, 0) is 14.3 Å². The molecule has 2 rings (SSSR count). The first-order valence-corrected chi connectivity index (χ1v) is 6.87. The van der Waals surface area contributed by atoms with Gasteiger partial charge in [-0.2, -0.15) is 0 Å². The van der Waals surface area contributed by atoms with Crippen molar-refractivity contribution >= 4 is 27.6 Å². The quantitative estimate of drug-likeness (QED) is 0.628. The lowest BCUT2D eigenvalue weighted by Gasteiger charge is -2.33. The smallest absolute Gasteiger partial charge is 0.343 e. The largest absolute Gasteiger partial charge is 0.480 e. The number of cyclic esters (lactones) is 1. The van der Waals surface area contributed by atoms with Crippen molar-refractivity contribution in [2.75, 3.05) is 12.4 Å². The third kappa shape index (κ3) is 3.52. The molecule has 1 unspecified atom stereocenters.